The molecule has 1 aromatic carbocycles. The Hall–Kier alpha value is -1.48. The Bertz CT molecular complexity index is 799. The number of hydrogen-bond donors (Lipinski definition) is 0. The van der Waals surface area contributed by atoms with Crippen LogP contribution < -0.4 is 0 Å². The number of piperidine rings is 1. The maximum atomic E-state index is 12.9. The zero-order valence-electron chi connectivity index (χ0n) is 16.8. The monoisotopic (exact) mass is 422 g/mol. The minimum Gasteiger partial charge on any atom is -0.348 e. The van der Waals surface area contributed by atoms with E-state index in [2.05, 4.69) is 0 Å². The Kier molecular flexibility index (Phi) is 6.53. The standard InChI is InChI=1S/C21H30N2O5S/c24-20(23-14-2-1-5-19(23)21-27-15-16-28-21)11-8-17-6-9-18(10-7-17)29(25,26)22-12-3-4-13-22/h6-7,9-10,19,21H,1-5,8,11-16H2. The van der Waals surface area contributed by atoms with E-state index in [1.165, 1.54) is 0 Å². The van der Waals surface area contributed by atoms with Gasteiger partial charge in [-0.05, 0) is 56.2 Å². The molecule has 1 aromatic rings. The molecule has 4 rings (SSSR count). The summed E-state index contributed by atoms with van der Waals surface area (Å²) in [7, 11) is -3.39. The topological polar surface area (TPSA) is 76.2 Å². The summed E-state index contributed by atoms with van der Waals surface area (Å²) in [5.74, 6) is 0.113. The van der Waals surface area contributed by atoms with E-state index in [4.69, 9.17) is 9.47 Å². The number of carbonyl (C=O) groups excluding carboxylic acids is 1. The van der Waals surface area contributed by atoms with Crippen LogP contribution in [0.2, 0.25) is 0 Å². The highest BCUT2D eigenvalue weighted by Crippen LogP contribution is 2.26. The van der Waals surface area contributed by atoms with Gasteiger partial charge in [0.2, 0.25) is 15.9 Å². The van der Waals surface area contributed by atoms with E-state index < -0.39 is 10.0 Å². The summed E-state index contributed by atoms with van der Waals surface area (Å²) in [6.07, 6.45) is 5.57. The molecule has 0 spiro atoms. The smallest absolute Gasteiger partial charge is 0.243 e. The number of amides is 1. The third-order valence-electron chi connectivity index (χ3n) is 6.09. The van der Waals surface area contributed by atoms with Gasteiger partial charge in [0.05, 0.1) is 24.2 Å². The first-order valence-electron chi connectivity index (χ1n) is 10.7. The molecular formula is C21H30N2O5S. The Morgan fingerprint density at radius 1 is 0.966 bits per heavy atom. The van der Waals surface area contributed by atoms with Crippen molar-refractivity contribution in [2.75, 3.05) is 32.8 Å². The average molecular weight is 423 g/mol. The number of ether oxygens (including phenoxy) is 2. The molecule has 7 nitrogen and oxygen atoms in total. The molecule has 29 heavy (non-hydrogen) atoms. The van der Waals surface area contributed by atoms with Crippen molar-refractivity contribution in [1.82, 2.24) is 9.21 Å². The van der Waals surface area contributed by atoms with Crippen LogP contribution in [-0.4, -0.2) is 68.7 Å². The zero-order valence-corrected chi connectivity index (χ0v) is 17.6. The largest absolute Gasteiger partial charge is 0.348 e. The van der Waals surface area contributed by atoms with Gasteiger partial charge in [-0.25, -0.2) is 8.42 Å². The summed E-state index contributed by atoms with van der Waals surface area (Å²) >= 11 is 0. The number of nitrogens with zero attached hydrogens (tertiary/aromatic N) is 2. The second kappa shape index (κ2) is 9.12. The fraction of sp³-hybridized carbons (Fsp3) is 0.667. The second-order valence-corrected chi connectivity index (χ2v) is 9.95. The number of hydrogen-bond acceptors (Lipinski definition) is 5. The quantitative estimate of drug-likeness (QED) is 0.702. The van der Waals surface area contributed by atoms with Gasteiger partial charge in [-0.1, -0.05) is 12.1 Å². The fourth-order valence-electron chi connectivity index (χ4n) is 4.45. The molecule has 3 fully saturated rings. The number of carbonyl (C=O) groups is 1. The summed E-state index contributed by atoms with van der Waals surface area (Å²) < 4.78 is 38.1. The SMILES string of the molecule is O=C(CCc1ccc(S(=O)(=O)N2CCCC2)cc1)N1CCCCC1C1OCCO1. The van der Waals surface area contributed by atoms with Crippen molar-refractivity contribution in [2.24, 2.45) is 0 Å². The number of sulfonamides is 1. The number of benzene rings is 1. The molecule has 1 unspecified atom stereocenters. The van der Waals surface area contributed by atoms with Gasteiger partial charge in [0, 0.05) is 26.1 Å². The van der Waals surface area contributed by atoms with Gasteiger partial charge in [-0.3, -0.25) is 4.79 Å². The molecule has 1 amide bonds. The van der Waals surface area contributed by atoms with E-state index in [0.29, 0.717) is 44.0 Å². The van der Waals surface area contributed by atoms with E-state index in [-0.39, 0.29) is 18.2 Å². The predicted molar refractivity (Wildman–Crippen MR) is 108 cm³/mol. The van der Waals surface area contributed by atoms with E-state index in [1.54, 1.807) is 16.4 Å². The van der Waals surface area contributed by atoms with Crippen molar-refractivity contribution in [3.8, 4) is 0 Å². The van der Waals surface area contributed by atoms with Gasteiger partial charge in [-0.15, -0.1) is 0 Å². The minimum absolute atomic E-state index is 0.00623. The molecule has 160 valence electrons. The summed E-state index contributed by atoms with van der Waals surface area (Å²) in [6.45, 7) is 3.14. The zero-order chi connectivity index (χ0) is 20.3. The Morgan fingerprint density at radius 3 is 2.31 bits per heavy atom. The van der Waals surface area contributed by atoms with Crippen LogP contribution in [-0.2, 0) is 30.7 Å². The van der Waals surface area contributed by atoms with Crippen LogP contribution in [0, 0.1) is 0 Å². The normalized spacial score (nSPS) is 24.3. The lowest BCUT2D eigenvalue weighted by atomic mass is 10.00. The lowest BCUT2D eigenvalue weighted by molar-refractivity contribution is -0.150. The highest BCUT2D eigenvalue weighted by atomic mass is 32.2. The van der Waals surface area contributed by atoms with Gasteiger partial charge in [0.15, 0.2) is 6.29 Å². The van der Waals surface area contributed by atoms with Crippen LogP contribution in [0.3, 0.4) is 0 Å². The molecule has 0 saturated carbocycles. The van der Waals surface area contributed by atoms with E-state index in [9.17, 15) is 13.2 Å². The van der Waals surface area contributed by atoms with Crippen LogP contribution in [0.5, 0.6) is 0 Å². The first kappa shape index (κ1) is 20.8. The average Bonchev–Trinajstić information content (AvgIpc) is 3.47. The summed E-state index contributed by atoms with van der Waals surface area (Å²) in [6, 6.07) is 6.99. The third-order valence-corrected chi connectivity index (χ3v) is 8.00. The summed E-state index contributed by atoms with van der Waals surface area (Å²) in [5, 5.41) is 0. The number of rotatable bonds is 6. The fourth-order valence-corrected chi connectivity index (χ4v) is 5.97. The maximum Gasteiger partial charge on any atom is 0.243 e. The molecule has 3 aliphatic rings. The molecule has 0 bridgehead atoms. The molecule has 0 aromatic heterocycles. The van der Waals surface area contributed by atoms with E-state index >= 15 is 0 Å². The molecule has 0 radical (unpaired) electrons. The Morgan fingerprint density at radius 2 is 1.62 bits per heavy atom. The van der Waals surface area contributed by atoms with E-state index in [1.807, 2.05) is 17.0 Å². The van der Waals surface area contributed by atoms with Gasteiger partial charge in [-0.2, -0.15) is 4.31 Å². The van der Waals surface area contributed by atoms with Gasteiger partial charge in [0.25, 0.3) is 0 Å². The van der Waals surface area contributed by atoms with Gasteiger partial charge in [0.1, 0.15) is 0 Å². The van der Waals surface area contributed by atoms with Gasteiger partial charge < -0.3 is 14.4 Å². The van der Waals surface area contributed by atoms with Crippen molar-refractivity contribution in [3.05, 3.63) is 29.8 Å². The molecule has 8 heteroatoms. The lowest BCUT2D eigenvalue weighted by Gasteiger charge is -2.38. The van der Waals surface area contributed by atoms with Crippen LogP contribution in [0.4, 0.5) is 0 Å². The first-order valence-corrected chi connectivity index (χ1v) is 12.1. The van der Waals surface area contributed by atoms with Crippen LogP contribution in [0.1, 0.15) is 44.1 Å². The first-order chi connectivity index (χ1) is 14.1. The van der Waals surface area contributed by atoms with Crippen molar-refractivity contribution in [3.63, 3.8) is 0 Å². The molecule has 3 heterocycles. The van der Waals surface area contributed by atoms with Crippen molar-refractivity contribution in [2.45, 2.75) is 62.2 Å². The predicted octanol–water partition coefficient (Wildman–Crippen LogP) is 2.16. The summed E-state index contributed by atoms with van der Waals surface area (Å²) in [5.41, 5.74) is 0.973. The minimum atomic E-state index is -3.39. The van der Waals surface area contributed by atoms with Crippen LogP contribution in [0.25, 0.3) is 0 Å². The molecule has 0 aliphatic carbocycles. The Labute approximate surface area is 173 Å². The molecule has 3 saturated heterocycles. The Balaban J connectivity index is 1.35. The molecule has 1 atom stereocenters. The second-order valence-electron chi connectivity index (χ2n) is 8.02. The highest BCUT2D eigenvalue weighted by Gasteiger charge is 2.36. The number of likely N-dealkylation sites (tertiary alicyclic amines) is 1. The number of aryl methyl sites for hydroxylation is 1. The third kappa shape index (κ3) is 4.66. The molecular weight excluding hydrogens is 392 g/mol. The van der Waals surface area contributed by atoms with E-state index in [0.717, 1.165) is 44.2 Å². The van der Waals surface area contributed by atoms with Gasteiger partial charge >= 0.3 is 0 Å². The van der Waals surface area contributed by atoms with Crippen molar-refractivity contribution >= 4 is 15.9 Å². The molecule has 0 N–H and O–H groups in total. The van der Waals surface area contributed by atoms with Crippen molar-refractivity contribution < 1.29 is 22.7 Å². The van der Waals surface area contributed by atoms with Crippen LogP contribution in [0.15, 0.2) is 29.2 Å². The maximum absolute atomic E-state index is 12.9. The van der Waals surface area contributed by atoms with Crippen LogP contribution >= 0.6 is 0 Å². The van der Waals surface area contributed by atoms with Crippen molar-refractivity contribution in [1.29, 1.82) is 0 Å². The summed E-state index contributed by atoms with van der Waals surface area (Å²) in [4.78, 5) is 15.1. The lowest BCUT2D eigenvalue weighted by Crippen LogP contribution is -2.50. The highest BCUT2D eigenvalue weighted by molar-refractivity contribution is 7.89. The molecule has 3 aliphatic heterocycles.